The summed E-state index contributed by atoms with van der Waals surface area (Å²) >= 11 is 3.45. The average molecular weight is 442 g/mol. The first-order valence-corrected chi connectivity index (χ1v) is 9.57. The van der Waals surface area contributed by atoms with E-state index >= 15 is 0 Å². The number of carbonyl (C=O) groups is 2. The average Bonchev–Trinajstić information content (AvgIpc) is 2.71. The lowest BCUT2D eigenvalue weighted by Crippen LogP contribution is -2.31. The van der Waals surface area contributed by atoms with Gasteiger partial charge in [0.15, 0.2) is 13.2 Å². The van der Waals surface area contributed by atoms with Crippen LogP contribution in [-0.2, 0) is 20.9 Å². The molecule has 0 unspecified atom stereocenters. The van der Waals surface area contributed by atoms with Gasteiger partial charge in [-0.05, 0) is 34.5 Å². The van der Waals surface area contributed by atoms with E-state index in [1.54, 1.807) is 13.1 Å². The monoisotopic (exact) mass is 441 g/mol. The molecule has 0 aliphatic carbocycles. The molecule has 0 atom stereocenters. The summed E-state index contributed by atoms with van der Waals surface area (Å²) in [6, 6.07) is 21.1. The highest BCUT2D eigenvalue weighted by atomic mass is 79.9. The molecular formula is C22H20BrNO4. The van der Waals surface area contributed by atoms with E-state index in [4.69, 9.17) is 9.47 Å². The van der Waals surface area contributed by atoms with Crippen LogP contribution >= 0.6 is 15.9 Å². The van der Waals surface area contributed by atoms with Crippen molar-refractivity contribution in [3.63, 3.8) is 0 Å². The quantitative estimate of drug-likeness (QED) is 0.516. The molecule has 3 aromatic rings. The summed E-state index contributed by atoms with van der Waals surface area (Å²) in [7, 11) is 1.67. The van der Waals surface area contributed by atoms with E-state index in [9.17, 15) is 9.59 Å². The van der Waals surface area contributed by atoms with E-state index in [1.807, 2.05) is 60.7 Å². The predicted octanol–water partition coefficient (Wildman–Crippen LogP) is 4.18. The molecule has 0 bridgehead atoms. The van der Waals surface area contributed by atoms with Gasteiger partial charge in [0.25, 0.3) is 5.91 Å². The molecule has 0 saturated heterocycles. The molecule has 0 aliphatic rings. The molecule has 3 rings (SSSR count). The van der Waals surface area contributed by atoms with Gasteiger partial charge in [0.05, 0.1) is 0 Å². The Balaban J connectivity index is 1.45. The van der Waals surface area contributed by atoms with Crippen LogP contribution in [0, 0.1) is 0 Å². The summed E-state index contributed by atoms with van der Waals surface area (Å²) in [5.74, 6) is -0.293. The number of hydrogen-bond donors (Lipinski definition) is 0. The van der Waals surface area contributed by atoms with E-state index in [-0.39, 0.29) is 19.1 Å². The summed E-state index contributed by atoms with van der Waals surface area (Å²) in [4.78, 5) is 25.6. The van der Waals surface area contributed by atoms with E-state index in [0.717, 1.165) is 20.8 Å². The van der Waals surface area contributed by atoms with Crippen molar-refractivity contribution in [1.29, 1.82) is 0 Å². The molecule has 0 spiro atoms. The van der Waals surface area contributed by atoms with Crippen LogP contribution in [-0.4, -0.2) is 37.0 Å². The van der Waals surface area contributed by atoms with Gasteiger partial charge in [0.1, 0.15) is 5.75 Å². The molecule has 3 aromatic carbocycles. The van der Waals surface area contributed by atoms with Gasteiger partial charge in [0.2, 0.25) is 0 Å². The molecule has 0 aliphatic heterocycles. The van der Waals surface area contributed by atoms with Crippen LogP contribution in [0.3, 0.4) is 0 Å². The molecule has 0 N–H and O–H groups in total. The van der Waals surface area contributed by atoms with Gasteiger partial charge in [-0.1, -0.05) is 64.5 Å². The zero-order valence-electron chi connectivity index (χ0n) is 15.4. The number of carbonyl (C=O) groups excluding carboxylic acids is 2. The Kier molecular flexibility index (Phi) is 6.66. The predicted molar refractivity (Wildman–Crippen MR) is 111 cm³/mol. The summed E-state index contributed by atoms with van der Waals surface area (Å²) < 4.78 is 11.4. The molecule has 28 heavy (non-hydrogen) atoms. The molecule has 0 aromatic heterocycles. The van der Waals surface area contributed by atoms with Gasteiger partial charge < -0.3 is 14.4 Å². The number of benzene rings is 3. The van der Waals surface area contributed by atoms with Crippen LogP contribution in [0.25, 0.3) is 10.8 Å². The lowest BCUT2D eigenvalue weighted by atomic mass is 10.1. The second kappa shape index (κ2) is 9.37. The summed E-state index contributed by atoms with van der Waals surface area (Å²) in [6.45, 7) is -0.147. The molecule has 0 saturated carbocycles. The molecule has 0 radical (unpaired) electrons. The minimum atomic E-state index is -0.587. The van der Waals surface area contributed by atoms with Crippen LogP contribution in [0.15, 0.2) is 71.2 Å². The maximum Gasteiger partial charge on any atom is 0.344 e. The second-order valence-electron chi connectivity index (χ2n) is 6.30. The SMILES string of the molecule is CN(Cc1ccccc1Br)C(=O)COC(=O)COc1ccc2ccccc2c1. The molecule has 0 heterocycles. The Labute approximate surface area is 172 Å². The van der Waals surface area contributed by atoms with Crippen molar-refractivity contribution in [3.05, 3.63) is 76.8 Å². The first-order valence-electron chi connectivity index (χ1n) is 8.77. The molecule has 1 amide bonds. The smallest absolute Gasteiger partial charge is 0.344 e. The molecule has 6 heteroatoms. The Bertz CT molecular complexity index is 989. The van der Waals surface area contributed by atoms with E-state index in [1.165, 1.54) is 4.90 Å². The summed E-state index contributed by atoms with van der Waals surface area (Å²) in [6.07, 6.45) is 0. The van der Waals surface area contributed by atoms with Crippen LogP contribution in [0.1, 0.15) is 5.56 Å². The number of nitrogens with zero attached hydrogens (tertiary/aromatic N) is 1. The van der Waals surface area contributed by atoms with Crippen molar-refractivity contribution >= 4 is 38.6 Å². The van der Waals surface area contributed by atoms with Crippen molar-refractivity contribution in [2.75, 3.05) is 20.3 Å². The number of esters is 1. The van der Waals surface area contributed by atoms with E-state index in [2.05, 4.69) is 15.9 Å². The van der Waals surface area contributed by atoms with Gasteiger partial charge in [0, 0.05) is 18.1 Å². The number of hydrogen-bond acceptors (Lipinski definition) is 4. The molecule has 0 fully saturated rings. The van der Waals surface area contributed by atoms with Gasteiger partial charge in [-0.3, -0.25) is 4.79 Å². The fourth-order valence-electron chi connectivity index (χ4n) is 2.66. The molecule has 5 nitrogen and oxygen atoms in total. The Hall–Kier alpha value is -2.86. The number of amides is 1. The topological polar surface area (TPSA) is 55.8 Å². The number of fused-ring (bicyclic) bond motifs is 1. The second-order valence-corrected chi connectivity index (χ2v) is 7.15. The largest absolute Gasteiger partial charge is 0.482 e. The first-order chi connectivity index (χ1) is 13.5. The third kappa shape index (κ3) is 5.33. The van der Waals surface area contributed by atoms with Crippen LogP contribution in [0.5, 0.6) is 5.75 Å². The van der Waals surface area contributed by atoms with Gasteiger partial charge in [-0.15, -0.1) is 0 Å². The highest BCUT2D eigenvalue weighted by molar-refractivity contribution is 9.10. The zero-order chi connectivity index (χ0) is 19.9. The highest BCUT2D eigenvalue weighted by Crippen LogP contribution is 2.20. The van der Waals surface area contributed by atoms with Crippen molar-refractivity contribution in [3.8, 4) is 5.75 Å². The Morgan fingerprint density at radius 1 is 0.929 bits per heavy atom. The minimum absolute atomic E-state index is 0.250. The third-order valence-electron chi connectivity index (χ3n) is 4.23. The number of ether oxygens (including phenoxy) is 2. The highest BCUT2D eigenvalue weighted by Gasteiger charge is 2.14. The molecule has 144 valence electrons. The summed E-state index contributed by atoms with van der Waals surface area (Å²) in [5.41, 5.74) is 0.976. The van der Waals surface area contributed by atoms with Crippen LogP contribution in [0.4, 0.5) is 0 Å². The van der Waals surface area contributed by atoms with Crippen molar-refractivity contribution < 1.29 is 19.1 Å². The number of rotatable bonds is 7. The van der Waals surface area contributed by atoms with E-state index in [0.29, 0.717) is 12.3 Å². The van der Waals surface area contributed by atoms with Crippen LogP contribution < -0.4 is 4.74 Å². The minimum Gasteiger partial charge on any atom is -0.482 e. The fraction of sp³-hybridized carbons (Fsp3) is 0.182. The maximum atomic E-state index is 12.2. The summed E-state index contributed by atoms with van der Waals surface area (Å²) in [5, 5.41) is 2.12. The third-order valence-corrected chi connectivity index (χ3v) is 5.00. The Morgan fingerprint density at radius 3 is 2.43 bits per heavy atom. The number of likely N-dealkylation sites (N-methyl/N-ethyl adjacent to an activating group) is 1. The molecular weight excluding hydrogens is 422 g/mol. The lowest BCUT2D eigenvalue weighted by molar-refractivity contribution is -0.153. The van der Waals surface area contributed by atoms with Gasteiger partial charge in [-0.2, -0.15) is 0 Å². The van der Waals surface area contributed by atoms with E-state index < -0.39 is 5.97 Å². The first kappa shape index (κ1) is 19.9. The lowest BCUT2D eigenvalue weighted by Gasteiger charge is -2.18. The fourth-order valence-corrected chi connectivity index (χ4v) is 3.07. The normalized spacial score (nSPS) is 10.5. The van der Waals surface area contributed by atoms with Crippen LogP contribution in [0.2, 0.25) is 0 Å². The Morgan fingerprint density at radius 2 is 1.64 bits per heavy atom. The van der Waals surface area contributed by atoms with Gasteiger partial charge in [-0.25, -0.2) is 4.79 Å². The zero-order valence-corrected chi connectivity index (χ0v) is 17.0. The van der Waals surface area contributed by atoms with Crippen molar-refractivity contribution in [2.24, 2.45) is 0 Å². The number of halogens is 1. The van der Waals surface area contributed by atoms with Crippen molar-refractivity contribution in [1.82, 2.24) is 4.90 Å². The van der Waals surface area contributed by atoms with Crippen molar-refractivity contribution in [2.45, 2.75) is 6.54 Å². The maximum absolute atomic E-state index is 12.2. The standard InChI is InChI=1S/C22H20BrNO4/c1-24(13-18-8-4-5-9-20(18)23)21(25)14-28-22(26)15-27-19-11-10-16-6-2-3-7-17(16)12-19/h2-12H,13-15H2,1H3. The van der Waals surface area contributed by atoms with Gasteiger partial charge >= 0.3 is 5.97 Å².